The molecule has 3 aromatic rings. The summed E-state index contributed by atoms with van der Waals surface area (Å²) in [5.74, 6) is -2.29. The fraction of sp³-hybridized carbons (Fsp3) is 0. The summed E-state index contributed by atoms with van der Waals surface area (Å²) in [5, 5.41) is 18.4. The van der Waals surface area contributed by atoms with Crippen molar-refractivity contribution in [3.8, 4) is 5.75 Å². The lowest BCUT2D eigenvalue weighted by Crippen LogP contribution is -2.08. The summed E-state index contributed by atoms with van der Waals surface area (Å²) in [5.41, 5.74) is -0.570. The third-order valence-electron chi connectivity index (χ3n) is 3.63. The minimum absolute atomic E-state index is 0.270. The van der Waals surface area contributed by atoms with E-state index in [4.69, 9.17) is 9.29 Å². The summed E-state index contributed by atoms with van der Waals surface area (Å²) in [6.45, 7) is 0. The molecule has 0 saturated heterocycles. The summed E-state index contributed by atoms with van der Waals surface area (Å²) < 4.78 is 6.12. The molecule has 132 valence electrons. The van der Waals surface area contributed by atoms with Crippen molar-refractivity contribution in [3.05, 3.63) is 90.0 Å². The maximum atomic E-state index is 11.4. The number of carbonyl (C=O) groups is 2. The van der Waals surface area contributed by atoms with Gasteiger partial charge in [-0.1, -0.05) is 36.4 Å². The summed E-state index contributed by atoms with van der Waals surface area (Å²) in [4.78, 5) is 24.5. The highest BCUT2D eigenvalue weighted by Crippen LogP contribution is 2.45. The van der Waals surface area contributed by atoms with E-state index in [2.05, 4.69) is 0 Å². The molecule has 0 fully saturated rings. The third kappa shape index (κ3) is 3.87. The first-order valence-corrected chi connectivity index (χ1v) is 9.01. The minimum atomic E-state index is -1.31. The van der Waals surface area contributed by atoms with Gasteiger partial charge in [0.25, 0.3) is 0 Å². The van der Waals surface area contributed by atoms with Gasteiger partial charge in [-0.25, -0.2) is 9.59 Å². The SMILES string of the molecule is O=C(O)c1ccc(O[SH](c2ccccc2)c2ccccc2)cc1C(=O)O. The first-order valence-electron chi connectivity index (χ1n) is 7.75. The van der Waals surface area contributed by atoms with Crippen molar-refractivity contribution in [3.63, 3.8) is 0 Å². The highest BCUT2D eigenvalue weighted by atomic mass is 32.2. The zero-order valence-electron chi connectivity index (χ0n) is 13.6. The molecule has 0 aliphatic heterocycles. The van der Waals surface area contributed by atoms with Crippen LogP contribution in [0.2, 0.25) is 0 Å². The number of carboxylic acid groups (broad SMARTS) is 2. The van der Waals surface area contributed by atoms with Gasteiger partial charge in [0.2, 0.25) is 0 Å². The van der Waals surface area contributed by atoms with Gasteiger partial charge in [0.05, 0.1) is 11.1 Å². The van der Waals surface area contributed by atoms with Gasteiger partial charge < -0.3 is 14.4 Å². The second kappa shape index (κ2) is 7.76. The smallest absolute Gasteiger partial charge is 0.336 e. The highest BCUT2D eigenvalue weighted by molar-refractivity contribution is 8.13. The van der Waals surface area contributed by atoms with Gasteiger partial charge in [-0.15, -0.1) is 0 Å². The van der Waals surface area contributed by atoms with Gasteiger partial charge in [0.1, 0.15) is 5.75 Å². The Kier molecular flexibility index (Phi) is 5.24. The molecule has 0 heterocycles. The summed E-state index contributed by atoms with van der Waals surface area (Å²) in [6, 6.07) is 23.2. The van der Waals surface area contributed by atoms with Crippen LogP contribution in [0, 0.1) is 0 Å². The largest absolute Gasteiger partial charge is 0.478 e. The summed E-state index contributed by atoms with van der Waals surface area (Å²) >= 11 is -1.22. The monoisotopic (exact) mass is 368 g/mol. The second-order valence-corrected chi connectivity index (χ2v) is 7.18. The average Bonchev–Trinajstić information content (AvgIpc) is 2.67. The van der Waals surface area contributed by atoms with Crippen molar-refractivity contribution in [2.24, 2.45) is 0 Å². The van der Waals surface area contributed by atoms with Crippen molar-refractivity contribution in [2.45, 2.75) is 9.79 Å². The van der Waals surface area contributed by atoms with Crippen LogP contribution in [0.1, 0.15) is 20.7 Å². The van der Waals surface area contributed by atoms with Gasteiger partial charge in [0, 0.05) is 9.79 Å². The molecular formula is C20H16O5S. The molecule has 6 heteroatoms. The number of hydrogen-bond donors (Lipinski definition) is 3. The van der Waals surface area contributed by atoms with E-state index in [1.807, 2.05) is 60.7 Å². The number of carboxylic acids is 2. The van der Waals surface area contributed by atoms with Gasteiger partial charge in [-0.2, -0.15) is 0 Å². The van der Waals surface area contributed by atoms with Crippen molar-refractivity contribution < 1.29 is 24.0 Å². The van der Waals surface area contributed by atoms with Crippen molar-refractivity contribution in [1.29, 1.82) is 0 Å². The van der Waals surface area contributed by atoms with E-state index in [9.17, 15) is 14.7 Å². The Bertz CT molecular complexity index is 886. The molecule has 0 bridgehead atoms. The van der Waals surface area contributed by atoms with E-state index >= 15 is 0 Å². The quantitative estimate of drug-likeness (QED) is 0.558. The van der Waals surface area contributed by atoms with Gasteiger partial charge in [-0.05, 0) is 53.6 Å². The van der Waals surface area contributed by atoms with E-state index < -0.39 is 23.1 Å². The van der Waals surface area contributed by atoms with E-state index in [1.54, 1.807) is 0 Å². The number of benzene rings is 3. The Morgan fingerprint density at radius 2 is 1.19 bits per heavy atom. The molecule has 0 aromatic heterocycles. The molecule has 0 saturated carbocycles. The highest BCUT2D eigenvalue weighted by Gasteiger charge is 2.18. The first kappa shape index (κ1) is 17.6. The maximum Gasteiger partial charge on any atom is 0.336 e. The topological polar surface area (TPSA) is 83.8 Å². The van der Waals surface area contributed by atoms with Gasteiger partial charge >= 0.3 is 11.9 Å². The van der Waals surface area contributed by atoms with Crippen LogP contribution in [0.15, 0.2) is 88.7 Å². The normalized spacial score (nSPS) is 10.8. The number of thiol groups is 1. The lowest BCUT2D eigenvalue weighted by molar-refractivity contribution is 0.0651. The van der Waals surface area contributed by atoms with Crippen molar-refractivity contribution in [2.75, 3.05) is 0 Å². The van der Waals surface area contributed by atoms with Crippen LogP contribution in [0.25, 0.3) is 0 Å². The standard InChI is InChI=1S/C20H16O5S/c21-19(22)17-12-11-14(13-18(17)20(23)24)25-26(15-7-3-1-4-8-15)16-9-5-2-6-10-16/h1-13,26H,(H,21,22)(H,23,24). The molecule has 3 rings (SSSR count). The zero-order valence-corrected chi connectivity index (χ0v) is 14.5. The van der Waals surface area contributed by atoms with Crippen molar-refractivity contribution >= 4 is 23.1 Å². The Labute approximate surface area is 153 Å². The molecule has 0 aliphatic rings. The van der Waals surface area contributed by atoms with Crippen LogP contribution in [-0.4, -0.2) is 22.2 Å². The zero-order chi connectivity index (χ0) is 18.5. The van der Waals surface area contributed by atoms with E-state index in [-0.39, 0.29) is 11.1 Å². The van der Waals surface area contributed by atoms with Crippen molar-refractivity contribution in [1.82, 2.24) is 0 Å². The molecule has 0 atom stereocenters. The molecule has 0 amide bonds. The Balaban J connectivity index is 2.01. The van der Waals surface area contributed by atoms with Crippen LogP contribution < -0.4 is 4.18 Å². The van der Waals surface area contributed by atoms with Crippen LogP contribution >= 0.6 is 11.2 Å². The third-order valence-corrected chi connectivity index (χ3v) is 5.56. The summed E-state index contributed by atoms with van der Waals surface area (Å²) in [7, 11) is 0. The fourth-order valence-corrected chi connectivity index (χ4v) is 4.15. The number of rotatable bonds is 6. The minimum Gasteiger partial charge on any atom is -0.478 e. The Morgan fingerprint density at radius 1 is 0.692 bits per heavy atom. The van der Waals surface area contributed by atoms with Crippen LogP contribution in [0.3, 0.4) is 0 Å². The average molecular weight is 368 g/mol. The molecule has 26 heavy (non-hydrogen) atoms. The summed E-state index contributed by atoms with van der Waals surface area (Å²) in [6.07, 6.45) is 0. The fourth-order valence-electron chi connectivity index (χ4n) is 2.43. The van der Waals surface area contributed by atoms with E-state index in [1.165, 1.54) is 18.2 Å². The molecule has 0 radical (unpaired) electrons. The van der Waals surface area contributed by atoms with Gasteiger partial charge in [-0.3, -0.25) is 0 Å². The molecule has 3 aromatic carbocycles. The Hall–Kier alpha value is -3.25. The van der Waals surface area contributed by atoms with Crippen LogP contribution in [0.5, 0.6) is 5.75 Å². The molecular weight excluding hydrogens is 352 g/mol. The number of hydrogen-bond acceptors (Lipinski definition) is 3. The predicted molar refractivity (Wildman–Crippen MR) is 99.4 cm³/mol. The van der Waals surface area contributed by atoms with E-state index in [0.29, 0.717) is 5.75 Å². The second-order valence-electron chi connectivity index (χ2n) is 5.37. The Morgan fingerprint density at radius 3 is 1.65 bits per heavy atom. The lowest BCUT2D eigenvalue weighted by Gasteiger charge is -2.24. The molecule has 0 aliphatic carbocycles. The first-order chi connectivity index (χ1) is 12.6. The predicted octanol–water partition coefficient (Wildman–Crippen LogP) is 4.50. The van der Waals surface area contributed by atoms with Crippen LogP contribution in [-0.2, 0) is 0 Å². The maximum absolute atomic E-state index is 11.4. The molecule has 0 spiro atoms. The molecule has 5 nitrogen and oxygen atoms in total. The van der Waals surface area contributed by atoms with Gasteiger partial charge in [0.15, 0.2) is 0 Å². The van der Waals surface area contributed by atoms with Crippen LogP contribution in [0.4, 0.5) is 0 Å². The molecule has 2 N–H and O–H groups in total. The number of aromatic carboxylic acids is 2. The van der Waals surface area contributed by atoms with E-state index in [0.717, 1.165) is 9.79 Å². The molecule has 0 unspecified atom stereocenters. The lowest BCUT2D eigenvalue weighted by atomic mass is 10.1.